The number of benzene rings is 2. The van der Waals surface area contributed by atoms with Gasteiger partial charge in [-0.3, -0.25) is 0 Å². The molecule has 0 aliphatic carbocycles. The third-order valence-corrected chi connectivity index (χ3v) is 6.52. The van der Waals surface area contributed by atoms with Gasteiger partial charge in [0.2, 0.25) is 0 Å². The maximum absolute atomic E-state index is 14.5. The van der Waals surface area contributed by atoms with Crippen molar-refractivity contribution in [2.75, 3.05) is 24.2 Å². The van der Waals surface area contributed by atoms with E-state index in [1.165, 1.54) is 12.1 Å². The Bertz CT molecular complexity index is 1090. The third-order valence-electron chi connectivity index (χ3n) is 5.41. The fourth-order valence-electron chi connectivity index (χ4n) is 3.72. The molecule has 32 heavy (non-hydrogen) atoms. The number of rotatable bonds is 8. The highest BCUT2D eigenvalue weighted by Crippen LogP contribution is 2.28. The second kappa shape index (κ2) is 9.36. The molecule has 2 aromatic rings. The summed E-state index contributed by atoms with van der Waals surface area (Å²) >= 11 is 0. The number of nitrogens with zero attached hydrogens (tertiary/aromatic N) is 1. The van der Waals surface area contributed by atoms with Crippen LogP contribution in [0.3, 0.4) is 0 Å². The first-order valence-corrected chi connectivity index (χ1v) is 12.2. The van der Waals surface area contributed by atoms with Gasteiger partial charge < -0.3 is 19.5 Å². The number of ether oxygens (including phenoxy) is 2. The fourth-order valence-corrected chi connectivity index (χ4v) is 4.35. The van der Waals surface area contributed by atoms with Gasteiger partial charge in [0.15, 0.2) is 9.84 Å². The average molecular weight is 466 g/mol. The van der Waals surface area contributed by atoms with E-state index in [4.69, 9.17) is 14.6 Å². The summed E-state index contributed by atoms with van der Waals surface area (Å²) in [7, 11) is -3.46. The van der Waals surface area contributed by atoms with Crippen molar-refractivity contribution >= 4 is 21.7 Å². The quantitative estimate of drug-likeness (QED) is 0.581. The van der Waals surface area contributed by atoms with Gasteiger partial charge in [-0.15, -0.1) is 0 Å². The van der Waals surface area contributed by atoms with Crippen molar-refractivity contribution in [1.82, 2.24) is 0 Å². The fraction of sp³-hybridized carbons (Fsp3) is 0.435. The van der Waals surface area contributed by atoms with E-state index in [0.717, 1.165) is 17.9 Å². The van der Waals surface area contributed by atoms with Crippen molar-refractivity contribution in [3.05, 3.63) is 53.8 Å². The Hall–Kier alpha value is -2.81. The molecule has 0 aromatic heterocycles. The maximum Gasteiger partial charge on any atom is 0.506 e. The molecule has 7 nitrogen and oxygen atoms in total. The van der Waals surface area contributed by atoms with Crippen LogP contribution in [0, 0.1) is 5.82 Å². The summed E-state index contributed by atoms with van der Waals surface area (Å²) in [5, 5.41) is 8.82. The van der Waals surface area contributed by atoms with Crippen LogP contribution in [0.4, 0.5) is 14.9 Å². The van der Waals surface area contributed by atoms with Crippen molar-refractivity contribution in [2.45, 2.75) is 49.7 Å². The number of carbonyl (C=O) groups is 1. The van der Waals surface area contributed by atoms with Crippen LogP contribution in [-0.4, -0.2) is 50.7 Å². The van der Waals surface area contributed by atoms with Gasteiger partial charge in [-0.25, -0.2) is 17.6 Å². The van der Waals surface area contributed by atoms with Gasteiger partial charge in [-0.05, 0) is 62.6 Å². The van der Waals surface area contributed by atoms with E-state index < -0.39 is 27.4 Å². The van der Waals surface area contributed by atoms with Crippen LogP contribution in [-0.2, 0) is 21.0 Å². The van der Waals surface area contributed by atoms with Crippen LogP contribution in [0.1, 0.15) is 32.3 Å². The minimum absolute atomic E-state index is 0.0421. The lowest BCUT2D eigenvalue weighted by molar-refractivity contribution is -0.000749. The Morgan fingerprint density at radius 3 is 2.66 bits per heavy atom. The molecule has 0 spiro atoms. The molecule has 2 aromatic carbocycles. The Morgan fingerprint density at radius 1 is 1.25 bits per heavy atom. The molecular weight excluding hydrogens is 437 g/mol. The number of hydrogen-bond acceptors (Lipinski definition) is 6. The Kier molecular flexibility index (Phi) is 6.97. The van der Waals surface area contributed by atoms with Crippen molar-refractivity contribution < 1.29 is 32.2 Å². The first kappa shape index (κ1) is 23.8. The Morgan fingerprint density at radius 2 is 2.00 bits per heavy atom. The molecule has 1 N–H and O–H groups in total. The number of halogens is 1. The Balaban J connectivity index is 1.60. The standard InChI is InChI=1S/C23H28FNO6S/c1-23(2,31-22(26)27)11-9-16-5-4-6-17(13-16)30-18-10-12-25(15-18)21-8-7-19(14-20(21)24)32(3,28)29/h4-8,13-14,18H,9-12,15H2,1-3H3,(H,26,27)/t18-/m0/s1. The zero-order valence-electron chi connectivity index (χ0n) is 18.4. The van der Waals surface area contributed by atoms with Gasteiger partial charge >= 0.3 is 6.16 Å². The lowest BCUT2D eigenvalue weighted by Gasteiger charge is -2.23. The average Bonchev–Trinajstić information content (AvgIpc) is 3.13. The van der Waals surface area contributed by atoms with Crippen LogP contribution >= 0.6 is 0 Å². The van der Waals surface area contributed by atoms with E-state index in [0.29, 0.717) is 43.8 Å². The molecular formula is C23H28FNO6S. The number of aryl methyl sites for hydroxylation is 1. The van der Waals surface area contributed by atoms with Gasteiger partial charge in [0.25, 0.3) is 0 Å². The molecule has 3 rings (SSSR count). The highest BCUT2D eigenvalue weighted by molar-refractivity contribution is 7.90. The van der Waals surface area contributed by atoms with Crippen LogP contribution < -0.4 is 9.64 Å². The minimum atomic E-state index is -3.46. The summed E-state index contributed by atoms with van der Waals surface area (Å²) < 4.78 is 48.7. The molecule has 0 radical (unpaired) electrons. The first-order chi connectivity index (χ1) is 14.9. The SMILES string of the molecule is CC(C)(CCc1cccc(O[C@H]2CCN(c3ccc(S(C)(=O)=O)cc3F)C2)c1)OC(=O)O. The lowest BCUT2D eigenvalue weighted by Crippen LogP contribution is -2.27. The van der Waals surface area contributed by atoms with E-state index >= 15 is 0 Å². The van der Waals surface area contributed by atoms with Crippen LogP contribution in [0.5, 0.6) is 5.75 Å². The molecule has 1 saturated heterocycles. The predicted octanol–water partition coefficient (Wildman–Crippen LogP) is 4.29. The van der Waals surface area contributed by atoms with E-state index in [1.807, 2.05) is 29.2 Å². The highest BCUT2D eigenvalue weighted by Gasteiger charge is 2.27. The second-order valence-electron chi connectivity index (χ2n) is 8.64. The highest BCUT2D eigenvalue weighted by atomic mass is 32.2. The molecule has 0 unspecified atom stereocenters. The molecule has 0 bridgehead atoms. The summed E-state index contributed by atoms with van der Waals surface area (Å²) in [5.41, 5.74) is 0.575. The Labute approximate surface area is 187 Å². The summed E-state index contributed by atoms with van der Waals surface area (Å²) in [4.78, 5) is 12.6. The van der Waals surface area contributed by atoms with Crippen LogP contribution in [0.2, 0.25) is 0 Å². The van der Waals surface area contributed by atoms with E-state index in [1.54, 1.807) is 13.8 Å². The molecule has 0 saturated carbocycles. The second-order valence-corrected chi connectivity index (χ2v) is 10.7. The monoisotopic (exact) mass is 465 g/mol. The van der Waals surface area contributed by atoms with E-state index in [9.17, 15) is 17.6 Å². The van der Waals surface area contributed by atoms with Crippen LogP contribution in [0.25, 0.3) is 0 Å². The molecule has 0 amide bonds. The number of sulfone groups is 1. The molecule has 1 heterocycles. The van der Waals surface area contributed by atoms with Crippen molar-refractivity contribution in [3.63, 3.8) is 0 Å². The molecule has 9 heteroatoms. The number of carboxylic acid groups (broad SMARTS) is 1. The van der Waals surface area contributed by atoms with Crippen molar-refractivity contribution in [2.24, 2.45) is 0 Å². The van der Waals surface area contributed by atoms with E-state index in [2.05, 4.69) is 0 Å². The molecule has 1 aliphatic heterocycles. The number of anilines is 1. The zero-order chi connectivity index (χ0) is 23.5. The molecule has 1 fully saturated rings. The number of hydrogen-bond donors (Lipinski definition) is 1. The minimum Gasteiger partial charge on any atom is -0.489 e. The van der Waals surface area contributed by atoms with Gasteiger partial charge in [0.05, 0.1) is 17.1 Å². The molecule has 174 valence electrons. The molecule has 1 atom stereocenters. The maximum atomic E-state index is 14.5. The van der Waals surface area contributed by atoms with Gasteiger partial charge in [-0.1, -0.05) is 12.1 Å². The molecule has 1 aliphatic rings. The summed E-state index contributed by atoms with van der Waals surface area (Å²) in [5.74, 6) is 0.126. The largest absolute Gasteiger partial charge is 0.506 e. The summed E-state index contributed by atoms with van der Waals surface area (Å²) in [6, 6.07) is 11.6. The van der Waals surface area contributed by atoms with Gasteiger partial charge in [0.1, 0.15) is 23.3 Å². The van der Waals surface area contributed by atoms with Crippen molar-refractivity contribution in [1.29, 1.82) is 0 Å². The summed E-state index contributed by atoms with van der Waals surface area (Å²) in [6.07, 6.45) is 1.49. The summed E-state index contributed by atoms with van der Waals surface area (Å²) in [6.45, 7) is 4.55. The normalized spacial score (nSPS) is 16.8. The first-order valence-electron chi connectivity index (χ1n) is 10.3. The smallest absolute Gasteiger partial charge is 0.489 e. The van der Waals surface area contributed by atoms with Crippen LogP contribution in [0.15, 0.2) is 47.4 Å². The third kappa shape index (κ3) is 6.35. The zero-order valence-corrected chi connectivity index (χ0v) is 19.2. The topological polar surface area (TPSA) is 93.1 Å². The van der Waals surface area contributed by atoms with Gasteiger partial charge in [-0.2, -0.15) is 0 Å². The van der Waals surface area contributed by atoms with Gasteiger partial charge in [0, 0.05) is 19.2 Å². The van der Waals surface area contributed by atoms with Crippen molar-refractivity contribution in [3.8, 4) is 5.75 Å². The predicted molar refractivity (Wildman–Crippen MR) is 119 cm³/mol. The lowest BCUT2D eigenvalue weighted by atomic mass is 9.98. The van der Waals surface area contributed by atoms with E-state index in [-0.39, 0.29) is 11.0 Å².